The van der Waals surface area contributed by atoms with Crippen LogP contribution in [0.1, 0.15) is 32.3 Å². The molecular formula is C17H22N4O4S. The first kappa shape index (κ1) is 19.9. The van der Waals surface area contributed by atoms with Gasteiger partial charge in [-0.15, -0.1) is 0 Å². The van der Waals surface area contributed by atoms with Crippen molar-refractivity contribution in [1.29, 1.82) is 0 Å². The Labute approximate surface area is 156 Å². The Morgan fingerprint density at radius 3 is 2.85 bits per heavy atom. The quantitative estimate of drug-likeness (QED) is 0.559. The fourth-order valence-corrected chi connectivity index (χ4v) is 3.30. The standard InChI is InChI=1S/C17H22N4O4S/c1-10(2)6-7-18-17-20-16(23)14(26-17)9-15(22)19-12-5-4-11(3)8-13(12)21(24)25/h4-5,8,10,14H,6-7,9H2,1-3H3,(H,19,22)(H,18,20,23)/t14-/m1/s1. The SMILES string of the molecule is Cc1ccc(NC(=O)C[C@H]2SC(=NCCC(C)C)NC2=O)c([N+](=O)[O-])c1. The first-order chi connectivity index (χ1) is 12.3. The average Bonchev–Trinajstić information content (AvgIpc) is 2.88. The summed E-state index contributed by atoms with van der Waals surface area (Å²) in [7, 11) is 0. The Kier molecular flexibility index (Phi) is 6.73. The van der Waals surface area contributed by atoms with Gasteiger partial charge in [-0.2, -0.15) is 0 Å². The number of amidine groups is 1. The average molecular weight is 378 g/mol. The number of amides is 2. The van der Waals surface area contributed by atoms with Crippen molar-refractivity contribution in [3.8, 4) is 0 Å². The van der Waals surface area contributed by atoms with Crippen LogP contribution < -0.4 is 10.6 Å². The third-order valence-electron chi connectivity index (χ3n) is 3.73. The van der Waals surface area contributed by atoms with Gasteiger partial charge in [0.15, 0.2) is 5.17 Å². The monoisotopic (exact) mass is 378 g/mol. The van der Waals surface area contributed by atoms with Gasteiger partial charge in [0.05, 0.1) is 4.92 Å². The Bertz CT molecular complexity index is 748. The lowest BCUT2D eigenvalue weighted by molar-refractivity contribution is -0.384. The van der Waals surface area contributed by atoms with E-state index in [9.17, 15) is 19.7 Å². The summed E-state index contributed by atoms with van der Waals surface area (Å²) in [4.78, 5) is 39.1. The van der Waals surface area contributed by atoms with Crippen LogP contribution in [0.3, 0.4) is 0 Å². The van der Waals surface area contributed by atoms with Crippen molar-refractivity contribution >= 4 is 40.1 Å². The molecule has 1 atom stereocenters. The van der Waals surface area contributed by atoms with Gasteiger partial charge in [0, 0.05) is 19.0 Å². The lowest BCUT2D eigenvalue weighted by Crippen LogP contribution is -2.28. The summed E-state index contributed by atoms with van der Waals surface area (Å²) in [5.74, 6) is -0.201. The van der Waals surface area contributed by atoms with Crippen LogP contribution in [0.5, 0.6) is 0 Å². The van der Waals surface area contributed by atoms with E-state index < -0.39 is 16.1 Å². The molecule has 0 aliphatic carbocycles. The fourth-order valence-electron chi connectivity index (χ4n) is 2.31. The highest BCUT2D eigenvalue weighted by atomic mass is 32.2. The maximum Gasteiger partial charge on any atom is 0.293 e. The molecule has 0 spiro atoms. The third kappa shape index (κ3) is 5.55. The van der Waals surface area contributed by atoms with Crippen LogP contribution in [-0.2, 0) is 9.59 Å². The van der Waals surface area contributed by atoms with Gasteiger partial charge in [0.2, 0.25) is 11.8 Å². The first-order valence-electron chi connectivity index (χ1n) is 8.33. The minimum atomic E-state index is -0.586. The largest absolute Gasteiger partial charge is 0.320 e. The van der Waals surface area contributed by atoms with Gasteiger partial charge in [-0.25, -0.2) is 0 Å². The van der Waals surface area contributed by atoms with Gasteiger partial charge in [-0.3, -0.25) is 24.7 Å². The number of aliphatic imine (C=N–C) groups is 1. The van der Waals surface area contributed by atoms with E-state index in [0.29, 0.717) is 17.6 Å². The lowest BCUT2D eigenvalue weighted by Gasteiger charge is -2.08. The van der Waals surface area contributed by atoms with E-state index in [1.54, 1.807) is 13.0 Å². The van der Waals surface area contributed by atoms with Crippen LogP contribution >= 0.6 is 11.8 Å². The number of nitro benzene ring substituents is 1. The summed E-state index contributed by atoms with van der Waals surface area (Å²) >= 11 is 1.22. The number of hydrogen-bond acceptors (Lipinski definition) is 6. The van der Waals surface area contributed by atoms with E-state index >= 15 is 0 Å². The molecule has 26 heavy (non-hydrogen) atoms. The van der Waals surface area contributed by atoms with Crippen molar-refractivity contribution in [3.63, 3.8) is 0 Å². The summed E-state index contributed by atoms with van der Waals surface area (Å²) < 4.78 is 0. The molecule has 2 rings (SSSR count). The number of rotatable bonds is 7. The van der Waals surface area contributed by atoms with E-state index in [1.165, 1.54) is 23.9 Å². The van der Waals surface area contributed by atoms with Gasteiger partial charge in [0.25, 0.3) is 5.69 Å². The Hall–Kier alpha value is -2.42. The predicted octanol–water partition coefficient (Wildman–Crippen LogP) is 2.87. The van der Waals surface area contributed by atoms with Gasteiger partial charge >= 0.3 is 0 Å². The molecule has 1 saturated heterocycles. The van der Waals surface area contributed by atoms with E-state index in [0.717, 1.165) is 12.0 Å². The molecule has 8 nitrogen and oxygen atoms in total. The molecule has 1 fully saturated rings. The zero-order valence-electron chi connectivity index (χ0n) is 14.9. The van der Waals surface area contributed by atoms with E-state index in [4.69, 9.17) is 0 Å². The molecule has 1 aliphatic rings. The minimum absolute atomic E-state index is 0.0786. The molecule has 9 heteroatoms. The number of nitrogens with one attached hydrogen (secondary N) is 2. The Morgan fingerprint density at radius 1 is 1.46 bits per heavy atom. The van der Waals surface area contributed by atoms with Crippen LogP contribution in [0, 0.1) is 23.0 Å². The zero-order chi connectivity index (χ0) is 19.3. The first-order valence-corrected chi connectivity index (χ1v) is 9.21. The molecule has 1 aliphatic heterocycles. The topological polar surface area (TPSA) is 114 Å². The summed E-state index contributed by atoms with van der Waals surface area (Å²) in [6, 6.07) is 4.57. The number of anilines is 1. The lowest BCUT2D eigenvalue weighted by atomic mass is 10.1. The normalized spacial score (nSPS) is 18.2. The molecule has 0 bridgehead atoms. The number of hydrogen-bond donors (Lipinski definition) is 2. The number of carbonyl (C=O) groups excluding carboxylic acids is 2. The molecule has 0 saturated carbocycles. The third-order valence-corrected chi connectivity index (χ3v) is 4.85. The summed E-state index contributed by atoms with van der Waals surface area (Å²) in [6.07, 6.45) is 0.840. The van der Waals surface area contributed by atoms with Crippen LogP contribution in [0.15, 0.2) is 23.2 Å². The van der Waals surface area contributed by atoms with Crippen LogP contribution in [0.2, 0.25) is 0 Å². The number of benzene rings is 1. The summed E-state index contributed by atoms with van der Waals surface area (Å²) in [5.41, 5.74) is 0.681. The number of nitrogens with zero attached hydrogens (tertiary/aromatic N) is 2. The highest BCUT2D eigenvalue weighted by Gasteiger charge is 2.32. The molecular weight excluding hydrogens is 356 g/mol. The summed E-state index contributed by atoms with van der Waals surface area (Å²) in [5, 5.41) is 16.2. The zero-order valence-corrected chi connectivity index (χ0v) is 15.8. The van der Waals surface area contributed by atoms with Crippen molar-refractivity contribution in [2.75, 3.05) is 11.9 Å². The molecule has 0 radical (unpaired) electrons. The maximum absolute atomic E-state index is 12.2. The molecule has 1 aromatic carbocycles. The fraction of sp³-hybridized carbons (Fsp3) is 0.471. The van der Waals surface area contributed by atoms with Crippen LogP contribution in [-0.4, -0.2) is 33.7 Å². The van der Waals surface area contributed by atoms with Gasteiger partial charge < -0.3 is 10.6 Å². The highest BCUT2D eigenvalue weighted by molar-refractivity contribution is 8.15. The van der Waals surface area contributed by atoms with Crippen LogP contribution in [0.25, 0.3) is 0 Å². The second kappa shape index (κ2) is 8.79. The minimum Gasteiger partial charge on any atom is -0.320 e. The number of aryl methyl sites for hydroxylation is 1. The molecule has 0 aromatic heterocycles. The Morgan fingerprint density at radius 2 is 2.19 bits per heavy atom. The molecule has 140 valence electrons. The van der Waals surface area contributed by atoms with Crippen LogP contribution in [0.4, 0.5) is 11.4 Å². The second-order valence-electron chi connectivity index (χ2n) is 6.50. The van der Waals surface area contributed by atoms with Gasteiger partial charge in [-0.1, -0.05) is 31.7 Å². The van der Waals surface area contributed by atoms with E-state index in [-0.39, 0.29) is 23.7 Å². The highest BCUT2D eigenvalue weighted by Crippen LogP contribution is 2.27. The number of thioether (sulfide) groups is 1. The van der Waals surface area contributed by atoms with Crippen molar-refractivity contribution in [3.05, 3.63) is 33.9 Å². The number of carbonyl (C=O) groups is 2. The molecule has 1 aromatic rings. The van der Waals surface area contributed by atoms with Gasteiger partial charge in [0.1, 0.15) is 10.9 Å². The molecule has 0 unspecified atom stereocenters. The van der Waals surface area contributed by atoms with Crippen molar-refractivity contribution in [2.24, 2.45) is 10.9 Å². The van der Waals surface area contributed by atoms with Crippen molar-refractivity contribution < 1.29 is 14.5 Å². The maximum atomic E-state index is 12.2. The smallest absolute Gasteiger partial charge is 0.293 e. The van der Waals surface area contributed by atoms with Crippen molar-refractivity contribution in [1.82, 2.24) is 5.32 Å². The van der Waals surface area contributed by atoms with E-state index in [1.807, 2.05) is 0 Å². The van der Waals surface area contributed by atoms with Crippen molar-refractivity contribution in [2.45, 2.75) is 38.9 Å². The summed E-state index contributed by atoms with van der Waals surface area (Å²) in [6.45, 7) is 6.54. The van der Waals surface area contributed by atoms with E-state index in [2.05, 4.69) is 29.5 Å². The van der Waals surface area contributed by atoms with Gasteiger partial charge in [-0.05, 0) is 30.9 Å². The molecule has 2 N–H and O–H groups in total. The Balaban J connectivity index is 1.96. The number of nitro groups is 1. The predicted molar refractivity (Wildman–Crippen MR) is 102 cm³/mol. The molecule has 1 heterocycles. The second-order valence-corrected chi connectivity index (χ2v) is 7.69. The molecule has 2 amide bonds.